The molecule has 2 atom stereocenters. The van der Waals surface area contributed by atoms with E-state index in [4.69, 9.17) is 10.5 Å². The van der Waals surface area contributed by atoms with Gasteiger partial charge in [-0.2, -0.15) is 0 Å². The Morgan fingerprint density at radius 3 is 3.00 bits per heavy atom. The van der Waals surface area contributed by atoms with E-state index in [1.165, 1.54) is 0 Å². The highest BCUT2D eigenvalue weighted by molar-refractivity contribution is 5.76. The van der Waals surface area contributed by atoms with Crippen LogP contribution in [0.2, 0.25) is 0 Å². The van der Waals surface area contributed by atoms with E-state index in [9.17, 15) is 4.79 Å². The number of carbonyl (C=O) groups excluding carboxylic acids is 1. The van der Waals surface area contributed by atoms with Crippen molar-refractivity contribution in [2.24, 2.45) is 5.73 Å². The van der Waals surface area contributed by atoms with Crippen molar-refractivity contribution in [1.29, 1.82) is 0 Å². The van der Waals surface area contributed by atoms with Crippen LogP contribution in [0.15, 0.2) is 0 Å². The van der Waals surface area contributed by atoms with E-state index in [2.05, 4.69) is 24.1 Å². The first-order valence-corrected chi connectivity index (χ1v) is 7.01. The molecule has 1 fully saturated rings. The summed E-state index contributed by atoms with van der Waals surface area (Å²) < 4.78 is 5.63. The van der Waals surface area contributed by atoms with Crippen LogP contribution >= 0.6 is 0 Å². The number of likely N-dealkylation sites (N-methyl/N-ethyl adjacent to an activating group) is 1. The summed E-state index contributed by atoms with van der Waals surface area (Å²) in [7, 11) is 0. The molecular weight excluding hydrogens is 230 g/mol. The smallest absolute Gasteiger partial charge is 0.221 e. The van der Waals surface area contributed by atoms with Gasteiger partial charge in [-0.1, -0.05) is 20.3 Å². The maximum Gasteiger partial charge on any atom is 0.221 e. The molecule has 0 aliphatic carbocycles. The summed E-state index contributed by atoms with van der Waals surface area (Å²) in [6, 6.07) is -0.0191. The van der Waals surface area contributed by atoms with Crippen LogP contribution in [-0.4, -0.2) is 55.7 Å². The van der Waals surface area contributed by atoms with Crippen LogP contribution in [0.4, 0.5) is 0 Å². The monoisotopic (exact) mass is 257 g/mol. The average molecular weight is 257 g/mol. The Hall–Kier alpha value is -0.650. The summed E-state index contributed by atoms with van der Waals surface area (Å²) in [6.45, 7) is 8.49. The molecule has 2 unspecified atom stereocenters. The molecule has 0 aromatic rings. The Kier molecular flexibility index (Phi) is 7.23. The van der Waals surface area contributed by atoms with Gasteiger partial charge >= 0.3 is 0 Å². The van der Waals surface area contributed by atoms with Crippen molar-refractivity contribution < 1.29 is 9.53 Å². The summed E-state index contributed by atoms with van der Waals surface area (Å²) in [4.78, 5) is 14.0. The van der Waals surface area contributed by atoms with Crippen molar-refractivity contribution in [2.45, 2.75) is 45.3 Å². The van der Waals surface area contributed by atoms with Gasteiger partial charge in [0, 0.05) is 32.1 Å². The maximum atomic E-state index is 11.7. The summed E-state index contributed by atoms with van der Waals surface area (Å²) in [5.74, 6) is 0.0353. The molecule has 0 spiro atoms. The quantitative estimate of drug-likeness (QED) is 0.690. The number of nitrogens with one attached hydrogen (secondary N) is 1. The summed E-state index contributed by atoms with van der Waals surface area (Å²) in [6.07, 6.45) is 2.45. The van der Waals surface area contributed by atoms with E-state index >= 15 is 0 Å². The van der Waals surface area contributed by atoms with Gasteiger partial charge in [-0.15, -0.1) is 0 Å². The average Bonchev–Trinajstić information content (AvgIpc) is 2.37. The fraction of sp³-hybridized carbons (Fsp3) is 0.923. The highest BCUT2D eigenvalue weighted by Crippen LogP contribution is 2.04. The largest absolute Gasteiger partial charge is 0.374 e. The van der Waals surface area contributed by atoms with Crippen molar-refractivity contribution >= 4 is 5.91 Å². The number of ether oxygens (including phenoxy) is 1. The topological polar surface area (TPSA) is 67.6 Å². The standard InChI is InChI=1S/C13H27N3O2/c1-3-5-11(14)8-13(17)15-9-12-10-16(4-2)6-7-18-12/h11-12H,3-10,14H2,1-2H3,(H,15,17). The van der Waals surface area contributed by atoms with Crippen molar-refractivity contribution in [3.63, 3.8) is 0 Å². The highest BCUT2D eigenvalue weighted by Gasteiger charge is 2.19. The number of carbonyl (C=O) groups is 1. The zero-order chi connectivity index (χ0) is 13.4. The molecular formula is C13H27N3O2. The fourth-order valence-electron chi connectivity index (χ4n) is 2.20. The third-order valence-electron chi connectivity index (χ3n) is 3.30. The summed E-state index contributed by atoms with van der Waals surface area (Å²) >= 11 is 0. The molecule has 1 rings (SSSR count). The van der Waals surface area contributed by atoms with Crippen molar-refractivity contribution in [3.05, 3.63) is 0 Å². The Morgan fingerprint density at radius 1 is 1.56 bits per heavy atom. The Bertz CT molecular complexity index is 248. The number of morpholine rings is 1. The zero-order valence-electron chi connectivity index (χ0n) is 11.7. The first-order chi connectivity index (χ1) is 8.65. The van der Waals surface area contributed by atoms with E-state index in [0.29, 0.717) is 13.0 Å². The minimum absolute atomic E-state index is 0.0191. The second-order valence-electron chi connectivity index (χ2n) is 4.94. The third kappa shape index (κ3) is 5.80. The molecule has 1 amide bonds. The number of nitrogens with two attached hydrogens (primary N) is 1. The second kappa shape index (κ2) is 8.45. The van der Waals surface area contributed by atoms with E-state index in [0.717, 1.165) is 39.1 Å². The second-order valence-corrected chi connectivity index (χ2v) is 4.94. The zero-order valence-corrected chi connectivity index (χ0v) is 11.7. The van der Waals surface area contributed by atoms with Crippen LogP contribution in [0, 0.1) is 0 Å². The van der Waals surface area contributed by atoms with Crippen LogP contribution in [-0.2, 0) is 9.53 Å². The van der Waals surface area contributed by atoms with Gasteiger partial charge in [-0.25, -0.2) is 0 Å². The Morgan fingerprint density at radius 2 is 2.33 bits per heavy atom. The molecule has 3 N–H and O–H groups in total. The number of hydrogen-bond donors (Lipinski definition) is 2. The minimum Gasteiger partial charge on any atom is -0.374 e. The lowest BCUT2D eigenvalue weighted by Crippen LogP contribution is -2.47. The fourth-order valence-corrected chi connectivity index (χ4v) is 2.20. The van der Waals surface area contributed by atoms with Crippen LogP contribution in [0.1, 0.15) is 33.1 Å². The maximum absolute atomic E-state index is 11.7. The number of hydrogen-bond acceptors (Lipinski definition) is 4. The molecule has 1 saturated heterocycles. The molecule has 1 heterocycles. The molecule has 106 valence electrons. The lowest BCUT2D eigenvalue weighted by molar-refractivity contribution is -0.122. The van der Waals surface area contributed by atoms with Gasteiger partial charge in [0.25, 0.3) is 0 Å². The molecule has 18 heavy (non-hydrogen) atoms. The SMILES string of the molecule is CCCC(N)CC(=O)NCC1CN(CC)CCO1. The van der Waals surface area contributed by atoms with Crippen molar-refractivity contribution in [1.82, 2.24) is 10.2 Å². The normalized spacial score (nSPS) is 22.7. The van der Waals surface area contributed by atoms with Gasteiger partial charge in [0.2, 0.25) is 5.91 Å². The molecule has 5 heteroatoms. The van der Waals surface area contributed by atoms with Crippen molar-refractivity contribution in [3.8, 4) is 0 Å². The molecule has 0 bridgehead atoms. The van der Waals surface area contributed by atoms with Crippen LogP contribution < -0.4 is 11.1 Å². The molecule has 1 aliphatic rings. The van der Waals surface area contributed by atoms with Crippen LogP contribution in [0.25, 0.3) is 0 Å². The van der Waals surface area contributed by atoms with Gasteiger partial charge in [0.05, 0.1) is 12.7 Å². The van der Waals surface area contributed by atoms with E-state index in [1.807, 2.05) is 0 Å². The van der Waals surface area contributed by atoms with Crippen molar-refractivity contribution in [2.75, 3.05) is 32.8 Å². The molecule has 5 nitrogen and oxygen atoms in total. The molecule has 0 radical (unpaired) electrons. The molecule has 0 saturated carbocycles. The van der Waals surface area contributed by atoms with E-state index in [1.54, 1.807) is 0 Å². The van der Waals surface area contributed by atoms with Crippen LogP contribution in [0.3, 0.4) is 0 Å². The molecule has 1 aliphatic heterocycles. The molecule has 0 aromatic heterocycles. The first-order valence-electron chi connectivity index (χ1n) is 7.01. The van der Waals surface area contributed by atoms with Gasteiger partial charge in [0.15, 0.2) is 0 Å². The van der Waals surface area contributed by atoms with Gasteiger partial charge in [-0.05, 0) is 13.0 Å². The highest BCUT2D eigenvalue weighted by atomic mass is 16.5. The van der Waals surface area contributed by atoms with Gasteiger partial charge in [-0.3, -0.25) is 9.69 Å². The Labute approximate surface area is 110 Å². The van der Waals surface area contributed by atoms with Crippen LogP contribution in [0.5, 0.6) is 0 Å². The van der Waals surface area contributed by atoms with Gasteiger partial charge in [0.1, 0.15) is 0 Å². The number of amides is 1. The molecule has 0 aromatic carbocycles. The number of rotatable bonds is 7. The predicted molar refractivity (Wildman–Crippen MR) is 72.4 cm³/mol. The predicted octanol–water partition coefficient (Wildman–Crippen LogP) is 0.341. The van der Waals surface area contributed by atoms with Gasteiger partial charge < -0.3 is 15.8 Å². The lowest BCUT2D eigenvalue weighted by Gasteiger charge is -2.32. The van der Waals surface area contributed by atoms with E-state index < -0.39 is 0 Å². The summed E-state index contributed by atoms with van der Waals surface area (Å²) in [5, 5.41) is 2.92. The summed E-state index contributed by atoms with van der Waals surface area (Å²) in [5.41, 5.74) is 5.84. The first kappa shape index (κ1) is 15.4. The lowest BCUT2D eigenvalue weighted by atomic mass is 10.1. The third-order valence-corrected chi connectivity index (χ3v) is 3.30. The Balaban J connectivity index is 2.17. The van der Waals surface area contributed by atoms with E-state index in [-0.39, 0.29) is 18.1 Å². The minimum atomic E-state index is -0.0191. The number of nitrogens with zero attached hydrogens (tertiary/aromatic N) is 1.